The van der Waals surface area contributed by atoms with Crippen LogP contribution in [0.4, 0.5) is 8.78 Å². The maximum atomic E-state index is 14.4. The van der Waals surface area contributed by atoms with E-state index in [2.05, 4.69) is 29.0 Å². The molecule has 2 aromatic heterocycles. The second-order valence-corrected chi connectivity index (χ2v) is 9.98. The number of benzene rings is 1. The smallest absolute Gasteiger partial charge is 0.276 e. The van der Waals surface area contributed by atoms with Crippen LogP contribution in [0.1, 0.15) is 72.9 Å². The number of fused-ring (bicyclic) bond motifs is 5. The molecule has 34 heavy (non-hydrogen) atoms. The summed E-state index contributed by atoms with van der Waals surface area (Å²) < 4.78 is 34.4. The van der Waals surface area contributed by atoms with Gasteiger partial charge in [-0.05, 0) is 61.8 Å². The number of aryl methyl sites for hydroxylation is 2. The molecular formula is C26H28F2N4O2. The molecule has 0 unspecified atom stereocenters. The largest absolute Gasteiger partial charge is 0.445 e. The van der Waals surface area contributed by atoms with Crippen molar-refractivity contribution < 1.29 is 18.0 Å². The lowest BCUT2D eigenvalue weighted by atomic mass is 9.68. The van der Waals surface area contributed by atoms with Crippen LogP contribution in [-0.2, 0) is 5.41 Å². The Kier molecular flexibility index (Phi) is 5.11. The summed E-state index contributed by atoms with van der Waals surface area (Å²) in [5.74, 6) is -0.361. The van der Waals surface area contributed by atoms with Crippen molar-refractivity contribution in [3.8, 4) is 11.3 Å². The Morgan fingerprint density at radius 3 is 2.53 bits per heavy atom. The molecule has 0 radical (unpaired) electrons. The van der Waals surface area contributed by atoms with Crippen LogP contribution in [0.2, 0.25) is 0 Å². The van der Waals surface area contributed by atoms with Gasteiger partial charge in [-0.25, -0.2) is 13.8 Å². The maximum absolute atomic E-state index is 14.4. The van der Waals surface area contributed by atoms with E-state index >= 15 is 0 Å². The SMILES string of the molecule is CCN(C[C@@]12CC[C@@H](c3cc(-c4c(F)cccc4F)nnc31)C2(C)C)C(=O)c1nc(C)oc1C. The topological polar surface area (TPSA) is 72.1 Å². The zero-order chi connectivity index (χ0) is 24.4. The third kappa shape index (κ3) is 3.03. The summed E-state index contributed by atoms with van der Waals surface area (Å²) in [4.78, 5) is 19.5. The summed E-state index contributed by atoms with van der Waals surface area (Å²) in [6.45, 7) is 10.8. The van der Waals surface area contributed by atoms with Crippen molar-refractivity contribution in [1.29, 1.82) is 0 Å². The van der Waals surface area contributed by atoms with Gasteiger partial charge >= 0.3 is 0 Å². The van der Waals surface area contributed by atoms with Crippen LogP contribution in [0.3, 0.4) is 0 Å². The standard InChI is InChI=1S/C26H28F2N4O2/c1-6-32(24(33)22-14(2)34-15(3)29-22)13-26-11-10-17(25(26,4)5)16-12-20(30-31-23(16)26)21-18(27)8-7-9-19(21)28/h7-9,12,17H,6,10-11,13H2,1-5H3/t17-,26-/m0/s1. The molecule has 8 heteroatoms. The summed E-state index contributed by atoms with van der Waals surface area (Å²) in [5.41, 5.74) is 1.55. The fraction of sp³-hybridized carbons (Fsp3) is 0.462. The second kappa shape index (κ2) is 7.68. The van der Waals surface area contributed by atoms with Gasteiger partial charge in [0.1, 0.15) is 17.4 Å². The lowest BCUT2D eigenvalue weighted by Gasteiger charge is -2.41. The molecular weight excluding hydrogens is 438 g/mol. The first-order valence-electron chi connectivity index (χ1n) is 11.7. The van der Waals surface area contributed by atoms with Crippen molar-refractivity contribution >= 4 is 5.91 Å². The Morgan fingerprint density at radius 1 is 1.21 bits per heavy atom. The molecule has 2 aliphatic rings. The number of rotatable bonds is 5. The zero-order valence-corrected chi connectivity index (χ0v) is 20.1. The molecule has 1 fully saturated rings. The molecule has 6 nitrogen and oxygen atoms in total. The van der Waals surface area contributed by atoms with E-state index in [-0.39, 0.29) is 28.5 Å². The van der Waals surface area contributed by atoms with Crippen LogP contribution in [0.25, 0.3) is 11.3 Å². The third-order valence-electron chi connectivity index (χ3n) is 8.07. The van der Waals surface area contributed by atoms with Crippen LogP contribution in [0, 0.1) is 30.9 Å². The molecule has 1 saturated carbocycles. The molecule has 5 rings (SSSR count). The minimum atomic E-state index is -0.660. The Labute approximate surface area is 197 Å². The first-order chi connectivity index (χ1) is 16.1. The van der Waals surface area contributed by atoms with E-state index in [1.165, 1.54) is 18.2 Å². The van der Waals surface area contributed by atoms with Gasteiger partial charge in [-0.3, -0.25) is 4.79 Å². The number of carbonyl (C=O) groups excluding carboxylic acids is 1. The Morgan fingerprint density at radius 2 is 1.91 bits per heavy atom. The number of aromatic nitrogens is 3. The highest BCUT2D eigenvalue weighted by molar-refractivity contribution is 5.93. The molecule has 2 atom stereocenters. The minimum Gasteiger partial charge on any atom is -0.445 e. The van der Waals surface area contributed by atoms with Gasteiger partial charge in [-0.15, -0.1) is 0 Å². The first-order valence-corrected chi connectivity index (χ1v) is 11.7. The van der Waals surface area contributed by atoms with Gasteiger partial charge < -0.3 is 9.32 Å². The molecule has 2 aliphatic carbocycles. The average Bonchev–Trinajstić information content (AvgIpc) is 3.32. The molecule has 0 aliphatic heterocycles. The summed E-state index contributed by atoms with van der Waals surface area (Å²) in [6, 6.07) is 5.58. The number of hydrogen-bond donors (Lipinski definition) is 0. The number of amides is 1. The van der Waals surface area contributed by atoms with E-state index in [0.29, 0.717) is 30.4 Å². The number of oxazole rings is 1. The van der Waals surface area contributed by atoms with E-state index in [9.17, 15) is 13.6 Å². The van der Waals surface area contributed by atoms with Crippen molar-refractivity contribution in [1.82, 2.24) is 20.1 Å². The van der Waals surface area contributed by atoms with Gasteiger partial charge in [0.2, 0.25) is 0 Å². The molecule has 0 N–H and O–H groups in total. The van der Waals surface area contributed by atoms with Crippen molar-refractivity contribution in [2.45, 2.75) is 58.8 Å². The maximum Gasteiger partial charge on any atom is 0.276 e. The van der Waals surface area contributed by atoms with Crippen molar-refractivity contribution in [3.63, 3.8) is 0 Å². The van der Waals surface area contributed by atoms with Crippen LogP contribution >= 0.6 is 0 Å². The highest BCUT2D eigenvalue weighted by Gasteiger charge is 2.64. The predicted molar refractivity (Wildman–Crippen MR) is 122 cm³/mol. The van der Waals surface area contributed by atoms with Gasteiger partial charge in [-0.2, -0.15) is 10.2 Å². The van der Waals surface area contributed by atoms with E-state index in [1.54, 1.807) is 24.8 Å². The fourth-order valence-corrected chi connectivity index (χ4v) is 6.17. The number of likely N-dealkylation sites (N-methyl/N-ethyl adjacent to an activating group) is 1. The van der Waals surface area contributed by atoms with Crippen molar-refractivity contribution in [3.05, 3.63) is 64.5 Å². The Bertz CT molecular complexity index is 1280. The summed E-state index contributed by atoms with van der Waals surface area (Å²) in [5, 5.41) is 8.82. The van der Waals surface area contributed by atoms with E-state index < -0.39 is 17.0 Å². The Hall–Kier alpha value is -3.16. The van der Waals surface area contributed by atoms with Crippen LogP contribution in [0.5, 0.6) is 0 Å². The van der Waals surface area contributed by atoms with Crippen LogP contribution < -0.4 is 0 Å². The normalized spacial score (nSPS) is 22.1. The minimum absolute atomic E-state index is 0.158. The van der Waals surface area contributed by atoms with E-state index in [1.807, 2.05) is 6.92 Å². The molecule has 1 aromatic carbocycles. The first kappa shape index (κ1) is 22.6. The second-order valence-electron chi connectivity index (χ2n) is 9.98. The van der Waals surface area contributed by atoms with Gasteiger partial charge in [0.15, 0.2) is 11.6 Å². The molecule has 1 amide bonds. The molecule has 2 bridgehead atoms. The predicted octanol–water partition coefficient (Wildman–Crippen LogP) is 5.34. The van der Waals surface area contributed by atoms with Gasteiger partial charge in [0.25, 0.3) is 5.91 Å². The van der Waals surface area contributed by atoms with Crippen molar-refractivity contribution in [2.75, 3.05) is 13.1 Å². The molecule has 2 heterocycles. The number of carbonyl (C=O) groups is 1. The molecule has 0 spiro atoms. The van der Waals surface area contributed by atoms with Gasteiger partial charge in [-0.1, -0.05) is 19.9 Å². The van der Waals surface area contributed by atoms with E-state index in [4.69, 9.17) is 4.42 Å². The lowest BCUT2D eigenvalue weighted by Crippen LogP contribution is -2.48. The monoisotopic (exact) mass is 466 g/mol. The molecule has 0 saturated heterocycles. The van der Waals surface area contributed by atoms with Gasteiger partial charge in [0, 0.05) is 25.4 Å². The summed E-state index contributed by atoms with van der Waals surface area (Å²) in [7, 11) is 0. The number of halogens is 2. The summed E-state index contributed by atoms with van der Waals surface area (Å²) >= 11 is 0. The molecule has 3 aromatic rings. The van der Waals surface area contributed by atoms with Crippen LogP contribution in [0.15, 0.2) is 28.7 Å². The average molecular weight is 467 g/mol. The van der Waals surface area contributed by atoms with E-state index in [0.717, 1.165) is 24.1 Å². The lowest BCUT2D eigenvalue weighted by molar-refractivity contribution is 0.0645. The highest BCUT2D eigenvalue weighted by atomic mass is 19.1. The van der Waals surface area contributed by atoms with Crippen LogP contribution in [-0.4, -0.2) is 39.1 Å². The fourth-order valence-electron chi connectivity index (χ4n) is 6.17. The summed E-state index contributed by atoms with van der Waals surface area (Å²) in [6.07, 6.45) is 1.78. The van der Waals surface area contributed by atoms with Gasteiger partial charge in [0.05, 0.1) is 17.0 Å². The zero-order valence-electron chi connectivity index (χ0n) is 20.1. The third-order valence-corrected chi connectivity index (χ3v) is 8.07. The highest BCUT2D eigenvalue weighted by Crippen LogP contribution is 2.67. The Balaban J connectivity index is 1.56. The van der Waals surface area contributed by atoms with Crippen molar-refractivity contribution in [2.24, 2.45) is 5.41 Å². The quantitative estimate of drug-likeness (QED) is 0.507. The number of nitrogens with zero attached hydrogens (tertiary/aromatic N) is 4. The number of hydrogen-bond acceptors (Lipinski definition) is 5. The molecule has 178 valence electrons.